The van der Waals surface area contributed by atoms with Gasteiger partial charge in [0, 0.05) is 25.6 Å². The largest absolute Gasteiger partial charge is 0.387 e. The van der Waals surface area contributed by atoms with Crippen molar-refractivity contribution < 1.29 is 18.0 Å². The Morgan fingerprint density at radius 1 is 1.38 bits per heavy atom. The number of aryl methyl sites for hydroxylation is 1. The highest BCUT2D eigenvalue weighted by atomic mass is 32.2. The average Bonchev–Trinajstić information content (AvgIpc) is 3.29. The first-order valence-electron chi connectivity index (χ1n) is 8.68. The van der Waals surface area contributed by atoms with E-state index in [9.17, 15) is 13.2 Å². The fraction of sp³-hybridized carbons (Fsp3) is 0.625. The Kier molecular flexibility index (Phi) is 4.19. The number of aromatic nitrogens is 2. The van der Waals surface area contributed by atoms with Crippen LogP contribution < -0.4 is 5.32 Å². The molecule has 2 aliphatic heterocycles. The number of carbonyl (C=O) groups is 1. The van der Waals surface area contributed by atoms with Crippen LogP contribution >= 0.6 is 0 Å². The van der Waals surface area contributed by atoms with Gasteiger partial charge in [0.1, 0.15) is 5.71 Å². The molecule has 1 aliphatic carbocycles. The molecule has 1 saturated carbocycles. The second-order valence-corrected chi connectivity index (χ2v) is 9.36. The van der Waals surface area contributed by atoms with Crippen molar-refractivity contribution in [1.29, 1.82) is 0 Å². The van der Waals surface area contributed by atoms with E-state index in [-0.39, 0.29) is 30.0 Å². The van der Waals surface area contributed by atoms with Crippen molar-refractivity contribution in [1.82, 2.24) is 19.6 Å². The normalized spacial score (nSPS) is 26.0. The third kappa shape index (κ3) is 3.30. The molecule has 4 rings (SSSR count). The van der Waals surface area contributed by atoms with Crippen LogP contribution in [-0.4, -0.2) is 58.3 Å². The minimum absolute atomic E-state index is 0.238. The average molecular weight is 379 g/mol. The number of oxime groups is 1. The van der Waals surface area contributed by atoms with Crippen LogP contribution in [0.1, 0.15) is 37.1 Å². The molecule has 0 aromatic carbocycles. The van der Waals surface area contributed by atoms with Gasteiger partial charge >= 0.3 is 0 Å². The van der Waals surface area contributed by atoms with Gasteiger partial charge in [0.25, 0.3) is 5.91 Å². The second kappa shape index (κ2) is 6.27. The lowest BCUT2D eigenvalue weighted by atomic mass is 9.96. The summed E-state index contributed by atoms with van der Waals surface area (Å²) in [6.45, 7) is 2.77. The zero-order chi connectivity index (χ0) is 18.4. The van der Waals surface area contributed by atoms with Gasteiger partial charge in [-0.25, -0.2) is 8.42 Å². The fourth-order valence-corrected chi connectivity index (χ4v) is 5.16. The molecule has 3 aliphatic rings. The molecule has 140 valence electrons. The number of hydrogen-bond donors (Lipinski definition) is 1. The number of nitrogens with zero attached hydrogens (tertiary/aromatic N) is 4. The quantitative estimate of drug-likeness (QED) is 0.777. The SMILES string of the molecule is Cc1cnc(CNC(=O)C2=NO[C@@]3(CCN(S(=O)(=O)C4CC4)C3)C2)cn1. The molecule has 1 spiro atoms. The van der Waals surface area contributed by atoms with E-state index >= 15 is 0 Å². The van der Waals surface area contributed by atoms with Crippen molar-refractivity contribution in [2.45, 2.75) is 50.0 Å². The first-order valence-corrected chi connectivity index (χ1v) is 10.2. The van der Waals surface area contributed by atoms with Gasteiger partial charge in [-0.15, -0.1) is 0 Å². The summed E-state index contributed by atoms with van der Waals surface area (Å²) in [6, 6.07) is 0. The van der Waals surface area contributed by atoms with Crippen LogP contribution in [0.25, 0.3) is 0 Å². The Balaban J connectivity index is 1.33. The van der Waals surface area contributed by atoms with Gasteiger partial charge in [0.2, 0.25) is 10.0 Å². The van der Waals surface area contributed by atoms with Gasteiger partial charge in [-0.1, -0.05) is 5.16 Å². The van der Waals surface area contributed by atoms with Crippen molar-refractivity contribution in [3.8, 4) is 0 Å². The van der Waals surface area contributed by atoms with Crippen LogP contribution in [0.5, 0.6) is 0 Å². The van der Waals surface area contributed by atoms with Gasteiger partial charge in [0.05, 0.1) is 35.9 Å². The van der Waals surface area contributed by atoms with Crippen LogP contribution in [0.4, 0.5) is 0 Å². The predicted octanol–water partition coefficient (Wildman–Crippen LogP) is 0.114. The maximum atomic E-state index is 12.4. The van der Waals surface area contributed by atoms with E-state index in [1.807, 2.05) is 6.92 Å². The summed E-state index contributed by atoms with van der Waals surface area (Å²) in [5.74, 6) is -0.326. The summed E-state index contributed by atoms with van der Waals surface area (Å²) in [6.07, 6.45) is 5.58. The van der Waals surface area contributed by atoms with E-state index in [0.717, 1.165) is 18.5 Å². The molecule has 9 nitrogen and oxygen atoms in total. The lowest BCUT2D eigenvalue weighted by molar-refractivity contribution is -0.115. The monoisotopic (exact) mass is 379 g/mol. The highest BCUT2D eigenvalue weighted by Crippen LogP contribution is 2.39. The summed E-state index contributed by atoms with van der Waals surface area (Å²) >= 11 is 0. The zero-order valence-electron chi connectivity index (χ0n) is 14.5. The minimum Gasteiger partial charge on any atom is -0.387 e. The van der Waals surface area contributed by atoms with E-state index in [0.29, 0.717) is 25.1 Å². The number of nitrogens with one attached hydrogen (secondary N) is 1. The lowest BCUT2D eigenvalue weighted by Gasteiger charge is -2.21. The minimum atomic E-state index is -3.23. The van der Waals surface area contributed by atoms with Gasteiger partial charge in [-0.3, -0.25) is 14.8 Å². The van der Waals surface area contributed by atoms with E-state index < -0.39 is 15.6 Å². The molecule has 3 heterocycles. The van der Waals surface area contributed by atoms with Crippen molar-refractivity contribution in [3.05, 3.63) is 23.8 Å². The molecule has 0 radical (unpaired) electrons. The molecule has 2 fully saturated rings. The molecule has 1 aromatic heterocycles. The molecule has 1 aromatic rings. The Hall–Kier alpha value is -2.07. The van der Waals surface area contributed by atoms with Crippen LogP contribution in [-0.2, 0) is 26.2 Å². The molecule has 1 N–H and O–H groups in total. The van der Waals surface area contributed by atoms with E-state index in [1.54, 1.807) is 12.4 Å². The zero-order valence-corrected chi connectivity index (χ0v) is 15.3. The summed E-state index contributed by atoms with van der Waals surface area (Å²) in [7, 11) is -3.23. The van der Waals surface area contributed by atoms with Crippen LogP contribution in [0, 0.1) is 6.92 Å². The van der Waals surface area contributed by atoms with Crippen LogP contribution in [0.3, 0.4) is 0 Å². The standard InChI is InChI=1S/C16H21N5O4S/c1-11-7-18-12(8-17-11)9-19-15(22)14-6-16(25-20-14)4-5-21(10-16)26(23,24)13-2-3-13/h7-8,13H,2-6,9-10H2,1H3,(H,19,22)/t16-/m0/s1. The third-order valence-corrected chi connectivity index (χ3v) is 7.30. The Morgan fingerprint density at radius 3 is 2.88 bits per heavy atom. The number of sulfonamides is 1. The molecule has 1 saturated heterocycles. The Labute approximate surface area is 151 Å². The van der Waals surface area contributed by atoms with E-state index in [2.05, 4.69) is 20.4 Å². The first kappa shape index (κ1) is 17.3. The molecular formula is C16H21N5O4S. The smallest absolute Gasteiger partial charge is 0.269 e. The third-order valence-electron chi connectivity index (χ3n) is 4.95. The first-order chi connectivity index (χ1) is 12.4. The molecule has 0 unspecified atom stereocenters. The lowest BCUT2D eigenvalue weighted by Crippen LogP contribution is -2.39. The van der Waals surface area contributed by atoms with Crippen LogP contribution in [0.15, 0.2) is 17.5 Å². The number of hydrogen-bond acceptors (Lipinski definition) is 7. The molecule has 0 bridgehead atoms. The van der Waals surface area contributed by atoms with Gasteiger partial charge in [-0.05, 0) is 19.8 Å². The van der Waals surface area contributed by atoms with Crippen molar-refractivity contribution in [2.24, 2.45) is 5.16 Å². The summed E-state index contributed by atoms with van der Waals surface area (Å²) in [4.78, 5) is 26.2. The predicted molar refractivity (Wildman–Crippen MR) is 92.6 cm³/mol. The van der Waals surface area contributed by atoms with Crippen molar-refractivity contribution >= 4 is 21.6 Å². The van der Waals surface area contributed by atoms with Crippen molar-refractivity contribution in [3.63, 3.8) is 0 Å². The molecular weight excluding hydrogens is 358 g/mol. The molecule has 26 heavy (non-hydrogen) atoms. The molecule has 1 amide bonds. The van der Waals surface area contributed by atoms with E-state index in [1.165, 1.54) is 4.31 Å². The second-order valence-electron chi connectivity index (χ2n) is 7.15. The number of amides is 1. The van der Waals surface area contributed by atoms with Crippen molar-refractivity contribution in [2.75, 3.05) is 13.1 Å². The Morgan fingerprint density at radius 2 is 2.19 bits per heavy atom. The number of carbonyl (C=O) groups excluding carboxylic acids is 1. The highest BCUT2D eigenvalue weighted by molar-refractivity contribution is 7.90. The fourth-order valence-electron chi connectivity index (χ4n) is 3.25. The van der Waals surface area contributed by atoms with Gasteiger partial charge in [0.15, 0.2) is 5.60 Å². The Bertz CT molecular complexity index is 850. The van der Waals surface area contributed by atoms with Gasteiger partial charge < -0.3 is 10.2 Å². The maximum Gasteiger partial charge on any atom is 0.269 e. The highest BCUT2D eigenvalue weighted by Gasteiger charge is 2.52. The summed E-state index contributed by atoms with van der Waals surface area (Å²) in [5, 5.41) is 6.44. The summed E-state index contributed by atoms with van der Waals surface area (Å²) in [5.41, 5.74) is 1.04. The maximum absolute atomic E-state index is 12.4. The van der Waals surface area contributed by atoms with E-state index in [4.69, 9.17) is 4.84 Å². The topological polar surface area (TPSA) is 114 Å². The van der Waals surface area contributed by atoms with Gasteiger partial charge in [-0.2, -0.15) is 4.31 Å². The number of rotatable bonds is 5. The summed E-state index contributed by atoms with van der Waals surface area (Å²) < 4.78 is 26.2. The van der Waals surface area contributed by atoms with Crippen LogP contribution in [0.2, 0.25) is 0 Å². The molecule has 1 atom stereocenters. The molecule has 10 heteroatoms.